The Kier molecular flexibility index (Phi) is 3.53. The van der Waals surface area contributed by atoms with Crippen LogP contribution in [0.1, 0.15) is 17.4 Å². The van der Waals surface area contributed by atoms with Gasteiger partial charge in [0.15, 0.2) is 6.10 Å². The number of furan rings is 1. The topological polar surface area (TPSA) is 56.5 Å². The van der Waals surface area contributed by atoms with Gasteiger partial charge in [-0.2, -0.15) is 8.42 Å². The van der Waals surface area contributed by atoms with Crippen molar-refractivity contribution in [3.63, 3.8) is 0 Å². The van der Waals surface area contributed by atoms with E-state index in [1.165, 1.54) is 0 Å². The molecule has 0 bridgehead atoms. The van der Waals surface area contributed by atoms with E-state index in [0.717, 1.165) is 17.2 Å². The molecule has 5 heteroatoms. The minimum Gasteiger partial charge on any atom is -0.458 e. The zero-order chi connectivity index (χ0) is 14.9. The Hall–Kier alpha value is -2.11. The van der Waals surface area contributed by atoms with Crippen molar-refractivity contribution in [3.05, 3.63) is 72.0 Å². The highest BCUT2D eigenvalue weighted by atomic mass is 32.2. The molecule has 0 fully saturated rings. The van der Waals surface area contributed by atoms with Crippen molar-refractivity contribution in [1.29, 1.82) is 0 Å². The molecule has 0 spiro atoms. The van der Waals surface area contributed by atoms with Crippen LogP contribution in [0.25, 0.3) is 11.0 Å². The Balaban J connectivity index is 2.10. The Morgan fingerprint density at radius 1 is 1.00 bits per heavy atom. The van der Waals surface area contributed by atoms with Crippen LogP contribution in [-0.2, 0) is 14.3 Å². The van der Waals surface area contributed by atoms with Crippen molar-refractivity contribution in [2.24, 2.45) is 0 Å². The summed E-state index contributed by atoms with van der Waals surface area (Å²) in [6.07, 6.45) is 0.250. The van der Waals surface area contributed by atoms with E-state index in [0.29, 0.717) is 11.3 Å². The van der Waals surface area contributed by atoms with E-state index in [2.05, 4.69) is 0 Å². The van der Waals surface area contributed by atoms with Crippen molar-refractivity contribution in [2.45, 2.75) is 6.10 Å². The molecule has 0 saturated carbocycles. The van der Waals surface area contributed by atoms with Crippen LogP contribution < -0.4 is 0 Å². The van der Waals surface area contributed by atoms with Gasteiger partial charge >= 0.3 is 0 Å². The molecular weight excluding hydrogens is 288 g/mol. The lowest BCUT2D eigenvalue weighted by molar-refractivity contribution is 0.227. The highest BCUT2D eigenvalue weighted by Gasteiger charge is 2.23. The van der Waals surface area contributed by atoms with Gasteiger partial charge in [-0.05, 0) is 17.7 Å². The lowest BCUT2D eigenvalue weighted by Crippen LogP contribution is -2.11. The fourth-order valence-corrected chi connectivity index (χ4v) is 2.76. The average molecular weight is 302 g/mol. The largest absolute Gasteiger partial charge is 0.458 e. The molecular formula is C16H14O4S. The third-order valence-electron chi connectivity index (χ3n) is 3.08. The fraction of sp³-hybridized carbons (Fsp3) is 0.125. The molecule has 2 aromatic carbocycles. The Labute approximate surface area is 123 Å². The number of benzene rings is 2. The molecule has 0 aliphatic rings. The highest BCUT2D eigenvalue weighted by molar-refractivity contribution is 7.86. The van der Waals surface area contributed by atoms with Crippen molar-refractivity contribution in [1.82, 2.24) is 0 Å². The summed E-state index contributed by atoms with van der Waals surface area (Å²) < 4.78 is 34.0. The Morgan fingerprint density at radius 2 is 1.67 bits per heavy atom. The molecule has 108 valence electrons. The number of hydrogen-bond acceptors (Lipinski definition) is 4. The molecule has 0 N–H and O–H groups in total. The summed E-state index contributed by atoms with van der Waals surface area (Å²) in [5.74, 6) is 0.466. The van der Waals surface area contributed by atoms with Crippen molar-refractivity contribution in [2.75, 3.05) is 6.26 Å². The summed E-state index contributed by atoms with van der Waals surface area (Å²) in [4.78, 5) is 0. The van der Waals surface area contributed by atoms with E-state index in [4.69, 9.17) is 8.60 Å². The number of para-hydroxylation sites is 1. The highest BCUT2D eigenvalue weighted by Crippen LogP contribution is 2.31. The monoisotopic (exact) mass is 302 g/mol. The standard InChI is InChI=1S/C16H14O4S/c1-21(17,18)20-16(12-7-3-2-4-8-12)15-11-13-9-5-6-10-14(13)19-15/h2-11,16H,1H3. The maximum Gasteiger partial charge on any atom is 0.265 e. The Bertz CT molecular complexity index is 817. The maximum absolute atomic E-state index is 11.5. The van der Waals surface area contributed by atoms with Gasteiger partial charge < -0.3 is 4.42 Å². The predicted molar refractivity (Wildman–Crippen MR) is 80.4 cm³/mol. The number of rotatable bonds is 4. The van der Waals surface area contributed by atoms with Gasteiger partial charge in [-0.3, -0.25) is 4.18 Å². The first-order valence-corrected chi connectivity index (χ1v) is 8.26. The van der Waals surface area contributed by atoms with Crippen LogP contribution >= 0.6 is 0 Å². The van der Waals surface area contributed by atoms with Crippen LogP contribution in [0.5, 0.6) is 0 Å². The van der Waals surface area contributed by atoms with Gasteiger partial charge in [0.25, 0.3) is 10.1 Å². The fourth-order valence-electron chi connectivity index (χ4n) is 2.20. The van der Waals surface area contributed by atoms with E-state index in [1.807, 2.05) is 54.6 Å². The second-order valence-electron chi connectivity index (χ2n) is 4.78. The quantitative estimate of drug-likeness (QED) is 0.692. The van der Waals surface area contributed by atoms with E-state index < -0.39 is 16.2 Å². The smallest absolute Gasteiger partial charge is 0.265 e. The van der Waals surface area contributed by atoms with E-state index in [1.54, 1.807) is 6.07 Å². The first-order valence-electron chi connectivity index (χ1n) is 6.44. The van der Waals surface area contributed by atoms with Crippen LogP contribution in [0.15, 0.2) is 65.1 Å². The molecule has 3 aromatic rings. The molecule has 4 nitrogen and oxygen atoms in total. The first kappa shape index (κ1) is 13.9. The molecule has 3 rings (SSSR count). The molecule has 1 heterocycles. The van der Waals surface area contributed by atoms with Gasteiger partial charge in [0.1, 0.15) is 11.3 Å². The predicted octanol–water partition coefficient (Wildman–Crippen LogP) is 3.50. The van der Waals surface area contributed by atoms with Crippen molar-refractivity contribution < 1.29 is 17.0 Å². The lowest BCUT2D eigenvalue weighted by atomic mass is 10.1. The summed E-state index contributed by atoms with van der Waals surface area (Å²) in [6, 6.07) is 18.4. The molecule has 21 heavy (non-hydrogen) atoms. The second kappa shape index (κ2) is 5.35. The summed E-state index contributed by atoms with van der Waals surface area (Å²) in [5.41, 5.74) is 1.42. The normalized spacial score (nSPS) is 13.4. The summed E-state index contributed by atoms with van der Waals surface area (Å²) >= 11 is 0. The summed E-state index contributed by atoms with van der Waals surface area (Å²) in [6.45, 7) is 0. The molecule has 0 aliphatic heterocycles. The zero-order valence-electron chi connectivity index (χ0n) is 11.4. The zero-order valence-corrected chi connectivity index (χ0v) is 12.2. The summed E-state index contributed by atoms with van der Waals surface area (Å²) in [7, 11) is -3.62. The molecule has 1 unspecified atom stereocenters. The molecule has 1 aromatic heterocycles. The van der Waals surface area contributed by atoms with Gasteiger partial charge in [0.2, 0.25) is 0 Å². The third-order valence-corrected chi connectivity index (χ3v) is 3.62. The molecule has 0 amide bonds. The molecule has 0 aliphatic carbocycles. The maximum atomic E-state index is 11.5. The van der Waals surface area contributed by atoms with Crippen LogP contribution in [0.3, 0.4) is 0 Å². The van der Waals surface area contributed by atoms with Gasteiger partial charge in [-0.15, -0.1) is 0 Å². The average Bonchev–Trinajstić information content (AvgIpc) is 2.88. The third kappa shape index (κ3) is 3.15. The van der Waals surface area contributed by atoms with Crippen molar-refractivity contribution >= 4 is 21.1 Å². The van der Waals surface area contributed by atoms with Crippen molar-refractivity contribution in [3.8, 4) is 0 Å². The lowest BCUT2D eigenvalue weighted by Gasteiger charge is -2.14. The first-order chi connectivity index (χ1) is 10.0. The van der Waals surface area contributed by atoms with Gasteiger partial charge in [0.05, 0.1) is 6.26 Å². The van der Waals surface area contributed by atoms with Gasteiger partial charge in [-0.1, -0.05) is 48.5 Å². The van der Waals surface area contributed by atoms with E-state index in [-0.39, 0.29) is 0 Å². The van der Waals surface area contributed by atoms with Crippen LogP contribution in [0, 0.1) is 0 Å². The minimum absolute atomic E-state index is 0.466. The van der Waals surface area contributed by atoms with Gasteiger partial charge in [0, 0.05) is 5.39 Å². The molecule has 0 radical (unpaired) electrons. The summed E-state index contributed by atoms with van der Waals surface area (Å²) in [5, 5.41) is 0.908. The molecule has 0 saturated heterocycles. The number of hydrogen-bond donors (Lipinski definition) is 0. The van der Waals surface area contributed by atoms with Crippen LogP contribution in [0.2, 0.25) is 0 Å². The molecule has 1 atom stereocenters. The number of fused-ring (bicyclic) bond motifs is 1. The Morgan fingerprint density at radius 3 is 2.33 bits per heavy atom. The van der Waals surface area contributed by atoms with Crippen LogP contribution in [-0.4, -0.2) is 14.7 Å². The van der Waals surface area contributed by atoms with Crippen LogP contribution in [0.4, 0.5) is 0 Å². The van der Waals surface area contributed by atoms with Gasteiger partial charge in [-0.25, -0.2) is 0 Å². The SMILES string of the molecule is CS(=O)(=O)OC(c1ccccc1)c1cc2ccccc2o1. The van der Waals surface area contributed by atoms with E-state index in [9.17, 15) is 8.42 Å². The van der Waals surface area contributed by atoms with E-state index >= 15 is 0 Å². The second-order valence-corrected chi connectivity index (χ2v) is 6.38. The minimum atomic E-state index is -3.62.